The molecule has 86 valence electrons. The minimum absolute atomic E-state index is 0.144. The number of carboxylic acids is 1. The standard InChI is InChI=1S/C11H12FNO3/c12-9-7-8(11(14)15)1-2-10(9)13-3-5-16-6-4-13/h1-2,7H,3-6H2,(H,14,15)/p-1. The summed E-state index contributed by atoms with van der Waals surface area (Å²) in [4.78, 5) is 12.4. The van der Waals surface area contributed by atoms with Crippen LogP contribution in [0.4, 0.5) is 10.1 Å². The fraction of sp³-hybridized carbons (Fsp3) is 0.364. The highest BCUT2D eigenvalue weighted by Gasteiger charge is 2.15. The Labute approximate surface area is 92.2 Å². The highest BCUT2D eigenvalue weighted by Crippen LogP contribution is 2.21. The van der Waals surface area contributed by atoms with Crippen LogP contribution in [0.1, 0.15) is 10.4 Å². The first-order valence-electron chi connectivity index (χ1n) is 5.02. The number of hydrogen-bond acceptors (Lipinski definition) is 4. The van der Waals surface area contributed by atoms with Crippen molar-refractivity contribution >= 4 is 11.7 Å². The third kappa shape index (κ3) is 2.14. The van der Waals surface area contributed by atoms with Crippen LogP contribution in [0.2, 0.25) is 0 Å². The summed E-state index contributed by atoms with van der Waals surface area (Å²) in [5.74, 6) is -1.91. The highest BCUT2D eigenvalue weighted by molar-refractivity contribution is 5.86. The Bertz CT molecular complexity index is 402. The van der Waals surface area contributed by atoms with Gasteiger partial charge in [0.25, 0.3) is 0 Å². The number of carbonyl (C=O) groups is 1. The molecular formula is C11H11FNO3-. The van der Waals surface area contributed by atoms with E-state index < -0.39 is 11.8 Å². The minimum Gasteiger partial charge on any atom is -0.545 e. The number of benzene rings is 1. The summed E-state index contributed by atoms with van der Waals surface area (Å²) in [5.41, 5.74) is 0.266. The summed E-state index contributed by atoms with van der Waals surface area (Å²) in [6.45, 7) is 2.34. The first-order valence-corrected chi connectivity index (χ1v) is 5.02. The van der Waals surface area contributed by atoms with Crippen LogP contribution >= 0.6 is 0 Å². The number of morpholine rings is 1. The molecule has 0 aliphatic carbocycles. The molecule has 0 N–H and O–H groups in total. The van der Waals surface area contributed by atoms with Crippen molar-refractivity contribution in [2.75, 3.05) is 31.2 Å². The number of hydrogen-bond donors (Lipinski definition) is 0. The third-order valence-corrected chi connectivity index (χ3v) is 2.54. The molecule has 0 aromatic heterocycles. The number of nitrogens with zero attached hydrogens (tertiary/aromatic N) is 1. The fourth-order valence-corrected chi connectivity index (χ4v) is 1.69. The Morgan fingerprint density at radius 3 is 2.62 bits per heavy atom. The van der Waals surface area contributed by atoms with Crippen LogP contribution in [0.5, 0.6) is 0 Å². The van der Waals surface area contributed by atoms with Crippen LogP contribution < -0.4 is 10.0 Å². The SMILES string of the molecule is O=C([O-])c1ccc(N2CCOCC2)c(F)c1. The quantitative estimate of drug-likeness (QED) is 0.711. The van der Waals surface area contributed by atoms with Gasteiger partial charge in [-0.3, -0.25) is 0 Å². The second kappa shape index (κ2) is 4.49. The molecule has 4 nitrogen and oxygen atoms in total. The second-order valence-electron chi connectivity index (χ2n) is 3.55. The van der Waals surface area contributed by atoms with Crippen molar-refractivity contribution in [2.24, 2.45) is 0 Å². The molecule has 1 aliphatic heterocycles. The summed E-state index contributed by atoms with van der Waals surface area (Å²) < 4.78 is 18.8. The van der Waals surface area contributed by atoms with E-state index in [1.165, 1.54) is 12.1 Å². The molecule has 0 bridgehead atoms. The Hall–Kier alpha value is -1.62. The maximum Gasteiger partial charge on any atom is 0.147 e. The lowest BCUT2D eigenvalue weighted by atomic mass is 10.2. The Kier molecular flexibility index (Phi) is 3.05. The lowest BCUT2D eigenvalue weighted by Crippen LogP contribution is -2.36. The molecule has 0 radical (unpaired) electrons. The van der Waals surface area contributed by atoms with Gasteiger partial charge in [-0.15, -0.1) is 0 Å². The Morgan fingerprint density at radius 1 is 1.38 bits per heavy atom. The van der Waals surface area contributed by atoms with Crippen LogP contribution in [0.25, 0.3) is 0 Å². The van der Waals surface area contributed by atoms with E-state index in [9.17, 15) is 14.3 Å². The number of aromatic carboxylic acids is 1. The van der Waals surface area contributed by atoms with Crippen LogP contribution in [0.3, 0.4) is 0 Å². The van der Waals surface area contributed by atoms with Crippen LogP contribution in [-0.4, -0.2) is 32.3 Å². The Morgan fingerprint density at radius 2 is 2.06 bits per heavy atom. The van der Waals surface area contributed by atoms with Gasteiger partial charge in [0.1, 0.15) is 5.82 Å². The first kappa shape index (κ1) is 10.9. The fourth-order valence-electron chi connectivity index (χ4n) is 1.69. The number of ether oxygens (including phenoxy) is 1. The maximum atomic E-state index is 13.6. The number of anilines is 1. The lowest BCUT2D eigenvalue weighted by molar-refractivity contribution is -0.255. The molecule has 0 atom stereocenters. The van der Waals surface area contributed by atoms with Gasteiger partial charge in [-0.1, -0.05) is 6.07 Å². The molecule has 1 heterocycles. The van der Waals surface area contributed by atoms with Gasteiger partial charge in [0.15, 0.2) is 0 Å². The van der Waals surface area contributed by atoms with Gasteiger partial charge in [-0.2, -0.15) is 0 Å². The molecule has 16 heavy (non-hydrogen) atoms. The van der Waals surface area contributed by atoms with Gasteiger partial charge in [0.05, 0.1) is 24.9 Å². The van der Waals surface area contributed by atoms with Crippen molar-refractivity contribution in [3.63, 3.8) is 0 Å². The Balaban J connectivity index is 2.24. The van der Waals surface area contributed by atoms with E-state index in [1.807, 2.05) is 4.90 Å². The van der Waals surface area contributed by atoms with Crippen molar-refractivity contribution < 1.29 is 19.0 Å². The van der Waals surface area contributed by atoms with Crippen LogP contribution in [0.15, 0.2) is 18.2 Å². The molecule has 1 saturated heterocycles. The zero-order valence-corrected chi connectivity index (χ0v) is 8.61. The maximum absolute atomic E-state index is 13.6. The van der Waals surface area contributed by atoms with Gasteiger partial charge in [0.2, 0.25) is 0 Å². The smallest absolute Gasteiger partial charge is 0.147 e. The predicted molar refractivity (Wildman–Crippen MR) is 53.8 cm³/mol. The molecule has 5 heteroatoms. The zero-order valence-electron chi connectivity index (χ0n) is 8.61. The van der Waals surface area contributed by atoms with Crippen molar-refractivity contribution in [3.8, 4) is 0 Å². The molecule has 0 amide bonds. The van der Waals surface area contributed by atoms with Gasteiger partial charge in [-0.05, 0) is 12.1 Å². The highest BCUT2D eigenvalue weighted by atomic mass is 19.1. The van der Waals surface area contributed by atoms with E-state index in [2.05, 4.69) is 0 Å². The minimum atomic E-state index is -1.37. The summed E-state index contributed by atoms with van der Waals surface area (Å²) >= 11 is 0. The predicted octanol–water partition coefficient (Wildman–Crippen LogP) is 0.0258. The molecule has 1 fully saturated rings. The van der Waals surface area contributed by atoms with E-state index in [0.29, 0.717) is 32.0 Å². The van der Waals surface area contributed by atoms with E-state index >= 15 is 0 Å². The molecule has 2 rings (SSSR count). The van der Waals surface area contributed by atoms with Crippen molar-refractivity contribution in [1.82, 2.24) is 0 Å². The zero-order chi connectivity index (χ0) is 11.5. The van der Waals surface area contributed by atoms with Crippen molar-refractivity contribution in [2.45, 2.75) is 0 Å². The van der Waals surface area contributed by atoms with Gasteiger partial charge in [-0.25, -0.2) is 4.39 Å². The number of halogens is 1. The largest absolute Gasteiger partial charge is 0.545 e. The normalized spacial score (nSPS) is 16.2. The van der Waals surface area contributed by atoms with Gasteiger partial charge < -0.3 is 19.5 Å². The molecule has 1 aromatic carbocycles. The summed E-state index contributed by atoms with van der Waals surface area (Å²) in [5, 5.41) is 10.5. The topological polar surface area (TPSA) is 52.6 Å². The molecule has 0 saturated carbocycles. The summed E-state index contributed by atoms with van der Waals surface area (Å²) in [6.07, 6.45) is 0. The van der Waals surface area contributed by atoms with Crippen LogP contribution in [0, 0.1) is 5.82 Å². The van der Waals surface area contributed by atoms with Gasteiger partial charge >= 0.3 is 0 Å². The number of carbonyl (C=O) groups excluding carboxylic acids is 1. The molecule has 0 spiro atoms. The average molecular weight is 224 g/mol. The van der Waals surface area contributed by atoms with Crippen LogP contribution in [-0.2, 0) is 4.74 Å². The average Bonchev–Trinajstić information content (AvgIpc) is 2.30. The second-order valence-corrected chi connectivity index (χ2v) is 3.55. The van der Waals surface area contributed by atoms with E-state index in [4.69, 9.17) is 4.74 Å². The van der Waals surface area contributed by atoms with Crippen molar-refractivity contribution in [3.05, 3.63) is 29.6 Å². The molecule has 1 aliphatic rings. The van der Waals surface area contributed by atoms with Gasteiger partial charge in [0, 0.05) is 18.7 Å². The van der Waals surface area contributed by atoms with E-state index in [-0.39, 0.29) is 5.56 Å². The van der Waals surface area contributed by atoms with Crippen molar-refractivity contribution in [1.29, 1.82) is 0 Å². The monoisotopic (exact) mass is 224 g/mol. The molecule has 1 aromatic rings. The lowest BCUT2D eigenvalue weighted by Gasteiger charge is -2.29. The number of rotatable bonds is 2. The third-order valence-electron chi connectivity index (χ3n) is 2.54. The molecular weight excluding hydrogens is 213 g/mol. The molecule has 0 unspecified atom stereocenters. The summed E-state index contributed by atoms with van der Waals surface area (Å²) in [7, 11) is 0. The number of carboxylic acid groups (broad SMARTS) is 1. The van der Waals surface area contributed by atoms with E-state index in [0.717, 1.165) is 6.07 Å². The van der Waals surface area contributed by atoms with E-state index in [1.54, 1.807) is 0 Å². The summed E-state index contributed by atoms with van der Waals surface area (Å²) in [6, 6.07) is 3.80. The first-order chi connectivity index (χ1) is 7.68.